The summed E-state index contributed by atoms with van der Waals surface area (Å²) >= 11 is 3.12. The SMILES string of the molecule is O=[N+]([O-])C[C@@H](O)/C(Br)=C\c1ccccc1. The lowest BCUT2D eigenvalue weighted by atomic mass is 10.2. The first-order chi connectivity index (χ1) is 7.09. The summed E-state index contributed by atoms with van der Waals surface area (Å²) in [6, 6.07) is 9.27. The third kappa shape index (κ3) is 4.22. The molecule has 1 aromatic rings. The lowest BCUT2D eigenvalue weighted by Crippen LogP contribution is -2.19. The van der Waals surface area contributed by atoms with E-state index in [2.05, 4.69) is 15.9 Å². The molecule has 1 atom stereocenters. The quantitative estimate of drug-likeness (QED) is 0.674. The third-order valence-electron chi connectivity index (χ3n) is 1.74. The van der Waals surface area contributed by atoms with E-state index in [1.165, 1.54) is 0 Å². The summed E-state index contributed by atoms with van der Waals surface area (Å²) in [6.45, 7) is -0.496. The number of aliphatic hydroxyl groups excluding tert-OH is 1. The smallest absolute Gasteiger partial charge is 0.234 e. The van der Waals surface area contributed by atoms with Crippen molar-refractivity contribution in [2.75, 3.05) is 6.54 Å². The number of rotatable bonds is 4. The summed E-state index contributed by atoms with van der Waals surface area (Å²) < 4.78 is 0.408. The van der Waals surface area contributed by atoms with Gasteiger partial charge in [0.25, 0.3) is 0 Å². The van der Waals surface area contributed by atoms with E-state index < -0.39 is 17.6 Å². The van der Waals surface area contributed by atoms with Gasteiger partial charge in [0.15, 0.2) is 0 Å². The normalized spacial score (nSPS) is 13.6. The second kappa shape index (κ2) is 5.63. The van der Waals surface area contributed by atoms with Crippen LogP contribution in [-0.2, 0) is 0 Å². The molecule has 0 heterocycles. The minimum atomic E-state index is -1.10. The number of nitro groups is 1. The van der Waals surface area contributed by atoms with Gasteiger partial charge in [0.2, 0.25) is 6.54 Å². The second-order valence-electron chi connectivity index (χ2n) is 2.97. The topological polar surface area (TPSA) is 63.4 Å². The molecule has 80 valence electrons. The van der Waals surface area contributed by atoms with Crippen LogP contribution < -0.4 is 0 Å². The molecule has 1 N–H and O–H groups in total. The van der Waals surface area contributed by atoms with Crippen molar-refractivity contribution in [2.45, 2.75) is 6.10 Å². The molecule has 1 aromatic carbocycles. The van der Waals surface area contributed by atoms with E-state index in [9.17, 15) is 15.2 Å². The van der Waals surface area contributed by atoms with Gasteiger partial charge in [-0.25, -0.2) is 0 Å². The van der Waals surface area contributed by atoms with Crippen LogP contribution in [0.15, 0.2) is 34.8 Å². The van der Waals surface area contributed by atoms with Crippen molar-refractivity contribution in [3.8, 4) is 0 Å². The average Bonchev–Trinajstić information content (AvgIpc) is 2.18. The number of benzene rings is 1. The number of aliphatic hydroxyl groups is 1. The Balaban J connectivity index is 2.71. The molecule has 0 aromatic heterocycles. The zero-order valence-corrected chi connectivity index (χ0v) is 9.42. The van der Waals surface area contributed by atoms with Gasteiger partial charge in [0.05, 0.1) is 0 Å². The van der Waals surface area contributed by atoms with E-state index in [4.69, 9.17) is 0 Å². The number of hydrogen-bond donors (Lipinski definition) is 1. The van der Waals surface area contributed by atoms with Crippen LogP contribution in [0, 0.1) is 10.1 Å². The average molecular weight is 272 g/mol. The summed E-state index contributed by atoms with van der Waals surface area (Å²) in [6.07, 6.45) is 0.564. The van der Waals surface area contributed by atoms with Gasteiger partial charge in [-0.15, -0.1) is 0 Å². The Morgan fingerprint density at radius 1 is 1.53 bits per heavy atom. The first-order valence-corrected chi connectivity index (χ1v) is 5.11. The lowest BCUT2D eigenvalue weighted by molar-refractivity contribution is -0.487. The monoisotopic (exact) mass is 271 g/mol. The molecule has 0 spiro atoms. The zero-order chi connectivity index (χ0) is 11.3. The van der Waals surface area contributed by atoms with Crippen molar-refractivity contribution in [1.82, 2.24) is 0 Å². The van der Waals surface area contributed by atoms with Gasteiger partial charge in [0.1, 0.15) is 6.10 Å². The second-order valence-corrected chi connectivity index (χ2v) is 3.89. The van der Waals surface area contributed by atoms with Crippen LogP contribution in [0.3, 0.4) is 0 Å². The first kappa shape index (κ1) is 11.9. The molecule has 1 rings (SSSR count). The minimum absolute atomic E-state index is 0.408. The molecule has 0 aliphatic rings. The van der Waals surface area contributed by atoms with E-state index >= 15 is 0 Å². The van der Waals surface area contributed by atoms with Crippen LogP contribution in [0.5, 0.6) is 0 Å². The Morgan fingerprint density at radius 3 is 2.67 bits per heavy atom. The Hall–Kier alpha value is -1.20. The molecule has 0 aliphatic heterocycles. The molecule has 0 saturated carbocycles. The first-order valence-electron chi connectivity index (χ1n) is 4.31. The summed E-state index contributed by atoms with van der Waals surface area (Å²) in [4.78, 5) is 9.61. The lowest BCUT2D eigenvalue weighted by Gasteiger charge is -2.04. The number of hydrogen-bond acceptors (Lipinski definition) is 3. The number of halogens is 1. The fourth-order valence-corrected chi connectivity index (χ4v) is 1.44. The van der Waals surface area contributed by atoms with Crippen LogP contribution in [0.4, 0.5) is 0 Å². The fraction of sp³-hybridized carbons (Fsp3) is 0.200. The Bertz CT molecular complexity index is 364. The summed E-state index contributed by atoms with van der Waals surface area (Å²) in [5.41, 5.74) is 0.881. The van der Waals surface area contributed by atoms with Gasteiger partial charge in [0, 0.05) is 9.41 Å². The van der Waals surface area contributed by atoms with Crippen molar-refractivity contribution < 1.29 is 10.0 Å². The largest absolute Gasteiger partial charge is 0.381 e. The van der Waals surface area contributed by atoms with Crippen LogP contribution in [0.2, 0.25) is 0 Å². The molecule has 0 bridgehead atoms. The molecule has 0 fully saturated rings. The van der Waals surface area contributed by atoms with E-state index in [0.717, 1.165) is 5.56 Å². The van der Waals surface area contributed by atoms with Gasteiger partial charge in [-0.2, -0.15) is 0 Å². The molecule has 0 unspecified atom stereocenters. The van der Waals surface area contributed by atoms with E-state index in [-0.39, 0.29) is 0 Å². The van der Waals surface area contributed by atoms with Crippen LogP contribution >= 0.6 is 15.9 Å². The molecule has 15 heavy (non-hydrogen) atoms. The molecule has 0 amide bonds. The highest BCUT2D eigenvalue weighted by atomic mass is 79.9. The highest BCUT2D eigenvalue weighted by molar-refractivity contribution is 9.11. The standard InChI is InChI=1S/C10H10BrNO3/c11-9(10(13)7-12(14)15)6-8-4-2-1-3-5-8/h1-6,10,13H,7H2/b9-6+/t10-/m1/s1. The van der Waals surface area contributed by atoms with Crippen molar-refractivity contribution in [3.63, 3.8) is 0 Å². The Kier molecular flexibility index (Phi) is 4.45. The van der Waals surface area contributed by atoms with Gasteiger partial charge < -0.3 is 5.11 Å². The summed E-state index contributed by atoms with van der Waals surface area (Å²) in [7, 11) is 0. The zero-order valence-electron chi connectivity index (χ0n) is 7.84. The summed E-state index contributed by atoms with van der Waals surface area (Å²) in [5, 5.41) is 19.6. The fourth-order valence-electron chi connectivity index (χ4n) is 1.03. The highest BCUT2D eigenvalue weighted by Gasteiger charge is 2.14. The maximum Gasteiger partial charge on any atom is 0.234 e. The minimum Gasteiger partial charge on any atom is -0.381 e. The molecule has 5 heteroatoms. The van der Waals surface area contributed by atoms with E-state index in [0.29, 0.717) is 4.48 Å². The third-order valence-corrected chi connectivity index (χ3v) is 2.50. The van der Waals surface area contributed by atoms with Gasteiger partial charge in [-0.05, 0) is 11.6 Å². The van der Waals surface area contributed by atoms with E-state index in [1.54, 1.807) is 6.08 Å². The molecular weight excluding hydrogens is 262 g/mol. The van der Waals surface area contributed by atoms with Gasteiger partial charge >= 0.3 is 0 Å². The van der Waals surface area contributed by atoms with Crippen molar-refractivity contribution >= 4 is 22.0 Å². The predicted molar refractivity (Wildman–Crippen MR) is 61.2 cm³/mol. The Morgan fingerprint density at radius 2 is 2.13 bits per heavy atom. The van der Waals surface area contributed by atoms with Gasteiger partial charge in [-0.1, -0.05) is 46.3 Å². The van der Waals surface area contributed by atoms with Gasteiger partial charge in [-0.3, -0.25) is 10.1 Å². The van der Waals surface area contributed by atoms with Crippen molar-refractivity contribution in [2.24, 2.45) is 0 Å². The molecule has 0 aliphatic carbocycles. The summed E-state index contributed by atoms with van der Waals surface area (Å²) in [5.74, 6) is 0. The molecule has 0 saturated heterocycles. The van der Waals surface area contributed by atoms with Crippen molar-refractivity contribution in [3.05, 3.63) is 50.5 Å². The Labute approximate surface area is 95.5 Å². The van der Waals surface area contributed by atoms with Crippen molar-refractivity contribution in [1.29, 1.82) is 0 Å². The predicted octanol–water partition coefficient (Wildman–Crippen LogP) is 2.06. The van der Waals surface area contributed by atoms with Crippen LogP contribution in [0.25, 0.3) is 6.08 Å². The van der Waals surface area contributed by atoms with Crippen LogP contribution in [0.1, 0.15) is 5.56 Å². The van der Waals surface area contributed by atoms with E-state index in [1.807, 2.05) is 30.3 Å². The maximum absolute atomic E-state index is 10.2. The van der Waals surface area contributed by atoms with Crippen LogP contribution in [-0.4, -0.2) is 22.7 Å². The molecule has 0 radical (unpaired) electrons. The number of nitrogens with zero attached hydrogens (tertiary/aromatic N) is 1. The molecular formula is C10H10BrNO3. The molecule has 4 nitrogen and oxygen atoms in total. The highest BCUT2D eigenvalue weighted by Crippen LogP contribution is 2.16. The maximum atomic E-state index is 10.2.